The SMILES string of the molecule is CC(C)(C)c1cc(-c2ccccc2)c(N2CN(c3cccc(Oc4cc5c(cc4C(C)(C)C)c4ccccc4n5-c4cc(C5(C)c6ccccc6-c6ccccc65)ccn4)c3)c3ccccc32)c(-c2ccccc2)c1. The molecule has 0 radical (unpaired) electrons. The van der Waals surface area contributed by atoms with Gasteiger partial charge in [-0.05, 0) is 123 Å². The van der Waals surface area contributed by atoms with Crippen molar-refractivity contribution in [3.63, 3.8) is 0 Å². The monoisotopic (exact) mass is 972 g/mol. The molecule has 2 aromatic heterocycles. The molecule has 0 amide bonds. The van der Waals surface area contributed by atoms with Gasteiger partial charge in [0.15, 0.2) is 0 Å². The molecule has 0 fully saturated rings. The van der Waals surface area contributed by atoms with Gasteiger partial charge in [0.05, 0.1) is 28.1 Å². The van der Waals surface area contributed by atoms with E-state index < -0.39 is 0 Å². The van der Waals surface area contributed by atoms with E-state index in [1.54, 1.807) is 0 Å². The van der Waals surface area contributed by atoms with Crippen LogP contribution < -0.4 is 14.5 Å². The third-order valence-corrected chi connectivity index (χ3v) is 15.9. The standard InChI is InChI=1S/C70H60N4O/c1-68(2,3)49-39-55(46-23-10-8-11-24-46)67(56(40-49)47-25-12-9-13-26-47)73-45-72(62-35-20-21-36-63(62)73)50-27-22-28-51(42-50)75-65-44-64-57(43-60(65)69(4,5)6)54-31-16-19-34-61(54)74(64)66-41-48(37-38-71-66)70(7)58-32-17-14-29-52(58)53-30-15-18-33-59(53)70/h8-44H,45H2,1-7H3. The molecule has 2 aliphatic rings. The zero-order valence-electron chi connectivity index (χ0n) is 43.8. The van der Waals surface area contributed by atoms with E-state index in [1.165, 1.54) is 72.1 Å². The third kappa shape index (κ3) is 7.63. The van der Waals surface area contributed by atoms with Crippen molar-refractivity contribution in [1.82, 2.24) is 9.55 Å². The lowest BCUT2D eigenvalue weighted by Crippen LogP contribution is -2.25. The Morgan fingerprint density at radius 1 is 0.480 bits per heavy atom. The summed E-state index contributed by atoms with van der Waals surface area (Å²) < 4.78 is 9.59. The molecule has 0 spiro atoms. The molecule has 75 heavy (non-hydrogen) atoms. The predicted molar refractivity (Wildman–Crippen MR) is 313 cm³/mol. The summed E-state index contributed by atoms with van der Waals surface area (Å²) in [7, 11) is 0. The summed E-state index contributed by atoms with van der Waals surface area (Å²) in [5.41, 5.74) is 19.7. The highest BCUT2D eigenvalue weighted by molar-refractivity contribution is 6.10. The summed E-state index contributed by atoms with van der Waals surface area (Å²) >= 11 is 0. The third-order valence-electron chi connectivity index (χ3n) is 15.9. The fourth-order valence-electron chi connectivity index (χ4n) is 12.0. The number of aromatic nitrogens is 2. The second kappa shape index (κ2) is 17.5. The summed E-state index contributed by atoms with van der Waals surface area (Å²) in [6, 6.07) is 79.6. The van der Waals surface area contributed by atoms with E-state index >= 15 is 0 Å². The summed E-state index contributed by atoms with van der Waals surface area (Å²) in [5.74, 6) is 2.46. The van der Waals surface area contributed by atoms with Crippen LogP contribution in [0.2, 0.25) is 0 Å². The fourth-order valence-corrected chi connectivity index (χ4v) is 12.0. The molecule has 1 aliphatic heterocycles. The maximum Gasteiger partial charge on any atom is 0.137 e. The predicted octanol–water partition coefficient (Wildman–Crippen LogP) is 18.5. The van der Waals surface area contributed by atoms with Crippen molar-refractivity contribution in [2.24, 2.45) is 0 Å². The quantitative estimate of drug-likeness (QED) is 0.152. The first-order valence-corrected chi connectivity index (χ1v) is 26.3. The molecule has 13 rings (SSSR count). The first-order valence-electron chi connectivity index (χ1n) is 26.3. The van der Waals surface area contributed by atoms with E-state index in [-0.39, 0.29) is 16.2 Å². The summed E-state index contributed by atoms with van der Waals surface area (Å²) in [6.45, 7) is 16.7. The van der Waals surface area contributed by atoms with E-state index in [0.717, 1.165) is 51.0 Å². The Bertz CT molecular complexity index is 3900. The molecule has 9 aromatic carbocycles. The molecule has 5 nitrogen and oxygen atoms in total. The van der Waals surface area contributed by atoms with Crippen molar-refractivity contribution in [3.05, 3.63) is 252 Å². The van der Waals surface area contributed by atoms with Gasteiger partial charge in [0.2, 0.25) is 0 Å². The minimum absolute atomic E-state index is 0.0640. The number of fused-ring (bicyclic) bond motifs is 7. The van der Waals surface area contributed by atoms with Crippen LogP contribution in [0.25, 0.3) is 61.0 Å². The molecule has 5 heteroatoms. The van der Waals surface area contributed by atoms with Crippen molar-refractivity contribution >= 4 is 44.6 Å². The van der Waals surface area contributed by atoms with Crippen LogP contribution in [-0.4, -0.2) is 16.2 Å². The summed E-state index contributed by atoms with van der Waals surface area (Å²) in [6.07, 6.45) is 1.98. The van der Waals surface area contributed by atoms with E-state index in [0.29, 0.717) is 6.67 Å². The molecule has 3 heterocycles. The highest BCUT2D eigenvalue weighted by Crippen LogP contribution is 2.54. The van der Waals surface area contributed by atoms with Gasteiger partial charge in [0.1, 0.15) is 24.0 Å². The molecule has 0 bridgehead atoms. The van der Waals surface area contributed by atoms with Crippen LogP contribution in [0.1, 0.15) is 76.3 Å². The Labute approximate surface area is 441 Å². The highest BCUT2D eigenvalue weighted by atomic mass is 16.5. The van der Waals surface area contributed by atoms with Crippen LogP contribution in [0.3, 0.4) is 0 Å². The van der Waals surface area contributed by atoms with Crippen molar-refractivity contribution in [2.75, 3.05) is 16.5 Å². The molecule has 0 unspecified atom stereocenters. The number of pyridine rings is 1. The van der Waals surface area contributed by atoms with Gasteiger partial charge in [-0.3, -0.25) is 4.57 Å². The van der Waals surface area contributed by atoms with Crippen LogP contribution >= 0.6 is 0 Å². The normalized spacial score (nSPS) is 13.8. The van der Waals surface area contributed by atoms with Gasteiger partial charge in [-0.1, -0.05) is 187 Å². The number of hydrogen-bond donors (Lipinski definition) is 0. The van der Waals surface area contributed by atoms with E-state index in [1.807, 2.05) is 6.20 Å². The Morgan fingerprint density at radius 3 is 1.71 bits per heavy atom. The molecule has 0 N–H and O–H groups in total. The number of anilines is 4. The minimum atomic E-state index is -0.361. The Morgan fingerprint density at radius 2 is 1.07 bits per heavy atom. The van der Waals surface area contributed by atoms with Crippen LogP contribution in [-0.2, 0) is 16.2 Å². The number of rotatable bonds is 8. The maximum absolute atomic E-state index is 7.25. The van der Waals surface area contributed by atoms with Crippen molar-refractivity contribution in [3.8, 4) is 50.7 Å². The maximum atomic E-state index is 7.25. The van der Waals surface area contributed by atoms with Crippen LogP contribution in [0.5, 0.6) is 11.5 Å². The first kappa shape index (κ1) is 46.1. The first-order chi connectivity index (χ1) is 36.3. The zero-order chi connectivity index (χ0) is 51.2. The summed E-state index contributed by atoms with van der Waals surface area (Å²) in [5, 5.41) is 2.35. The molecule has 0 saturated heterocycles. The molecular formula is C70H60N4O. The van der Waals surface area contributed by atoms with Gasteiger partial charge in [0, 0.05) is 56.9 Å². The lowest BCUT2D eigenvalue weighted by atomic mass is 9.74. The Balaban J connectivity index is 0.921. The minimum Gasteiger partial charge on any atom is -0.457 e. The number of benzene rings is 9. The molecule has 1 aliphatic carbocycles. The number of para-hydroxylation sites is 3. The summed E-state index contributed by atoms with van der Waals surface area (Å²) in [4.78, 5) is 10.1. The lowest BCUT2D eigenvalue weighted by molar-refractivity contribution is 0.456. The van der Waals surface area contributed by atoms with Gasteiger partial charge in [-0.25, -0.2) is 4.98 Å². The second-order valence-corrected chi connectivity index (χ2v) is 22.6. The topological polar surface area (TPSA) is 33.5 Å². The molecule has 366 valence electrons. The van der Waals surface area contributed by atoms with Crippen molar-refractivity contribution in [1.29, 1.82) is 0 Å². The number of nitrogens with zero attached hydrogens (tertiary/aromatic N) is 4. The van der Waals surface area contributed by atoms with Crippen LogP contribution in [0, 0.1) is 0 Å². The average molecular weight is 973 g/mol. The lowest BCUT2D eigenvalue weighted by Gasteiger charge is -2.30. The molecular weight excluding hydrogens is 913 g/mol. The highest BCUT2D eigenvalue weighted by Gasteiger charge is 2.41. The zero-order valence-corrected chi connectivity index (χ0v) is 43.8. The van der Waals surface area contributed by atoms with Crippen molar-refractivity contribution < 1.29 is 4.74 Å². The fraction of sp³-hybridized carbons (Fsp3) is 0.157. The van der Waals surface area contributed by atoms with E-state index in [4.69, 9.17) is 9.72 Å². The smallest absolute Gasteiger partial charge is 0.137 e. The van der Waals surface area contributed by atoms with Gasteiger partial charge in [-0.15, -0.1) is 0 Å². The molecule has 0 atom stereocenters. The van der Waals surface area contributed by atoms with Gasteiger partial charge < -0.3 is 14.5 Å². The van der Waals surface area contributed by atoms with Crippen molar-refractivity contribution in [2.45, 2.75) is 64.7 Å². The largest absolute Gasteiger partial charge is 0.457 e. The molecule has 11 aromatic rings. The van der Waals surface area contributed by atoms with Crippen LogP contribution in [0.4, 0.5) is 22.7 Å². The number of hydrogen-bond acceptors (Lipinski definition) is 4. The van der Waals surface area contributed by atoms with Gasteiger partial charge in [0.25, 0.3) is 0 Å². The Hall–Kier alpha value is -8.67. The number of ether oxygens (including phenoxy) is 1. The van der Waals surface area contributed by atoms with Crippen LogP contribution in [0.15, 0.2) is 225 Å². The molecule has 0 saturated carbocycles. The van der Waals surface area contributed by atoms with Gasteiger partial charge in [-0.2, -0.15) is 0 Å². The average Bonchev–Trinajstić information content (AvgIpc) is 4.13. The Kier molecular flexibility index (Phi) is 10.8. The van der Waals surface area contributed by atoms with E-state index in [9.17, 15) is 0 Å². The van der Waals surface area contributed by atoms with Gasteiger partial charge >= 0.3 is 0 Å². The van der Waals surface area contributed by atoms with E-state index in [2.05, 4.69) is 281 Å². The second-order valence-electron chi connectivity index (χ2n) is 22.6.